The molecule has 5 nitrogen and oxygen atoms in total. The number of para-hydroxylation sites is 1. The van der Waals surface area contributed by atoms with Gasteiger partial charge < -0.3 is 18.6 Å². The Bertz CT molecular complexity index is 1040. The fourth-order valence-electron chi connectivity index (χ4n) is 3.22. The van der Waals surface area contributed by atoms with Crippen molar-refractivity contribution in [3.05, 3.63) is 64.1 Å². The first-order valence-electron chi connectivity index (χ1n) is 11.8. The number of ether oxygens (including phenoxy) is 3. The summed E-state index contributed by atoms with van der Waals surface area (Å²) in [7, 11) is 0. The number of hydrogen-bond acceptors (Lipinski definition) is 5. The molecule has 2 rings (SSSR count). The van der Waals surface area contributed by atoms with Crippen LogP contribution in [0, 0.1) is 0 Å². The van der Waals surface area contributed by atoms with Gasteiger partial charge in [-0.05, 0) is 78.5 Å². The summed E-state index contributed by atoms with van der Waals surface area (Å²) in [6.45, 7) is 13.0. The highest BCUT2D eigenvalue weighted by Gasteiger charge is 2.21. The van der Waals surface area contributed by atoms with Crippen LogP contribution in [0.2, 0.25) is 0 Å². The molecule has 0 aliphatic heterocycles. The van der Waals surface area contributed by atoms with Gasteiger partial charge in [-0.25, -0.2) is 4.79 Å². The lowest BCUT2D eigenvalue weighted by Crippen LogP contribution is -2.14. The molecule has 0 radical (unpaired) electrons. The molecule has 0 N–H and O–H groups in total. The average molecular weight is 455 g/mol. The molecule has 0 unspecified atom stereocenters. The Morgan fingerprint density at radius 1 is 1.03 bits per heavy atom. The zero-order valence-electron chi connectivity index (χ0n) is 20.9. The van der Waals surface area contributed by atoms with E-state index >= 15 is 0 Å². The van der Waals surface area contributed by atoms with Crippen molar-refractivity contribution in [2.24, 2.45) is 0 Å². The first kappa shape index (κ1) is 26.3. The largest absolute Gasteiger partial charge is 0.486 e. The Labute approximate surface area is 197 Å². The van der Waals surface area contributed by atoms with Crippen molar-refractivity contribution in [2.45, 2.75) is 73.3 Å². The van der Waals surface area contributed by atoms with Crippen LogP contribution in [0.4, 0.5) is 0 Å². The van der Waals surface area contributed by atoms with Crippen molar-refractivity contribution in [3.63, 3.8) is 0 Å². The molecule has 0 aliphatic carbocycles. The van der Waals surface area contributed by atoms with E-state index in [1.165, 1.54) is 11.1 Å². The van der Waals surface area contributed by atoms with E-state index in [2.05, 4.69) is 45.9 Å². The maximum absolute atomic E-state index is 12.8. The lowest BCUT2D eigenvalue weighted by atomic mass is 10.1. The Kier molecular flexibility index (Phi) is 10.8. The molecule has 0 fully saturated rings. The predicted molar refractivity (Wildman–Crippen MR) is 136 cm³/mol. The first-order chi connectivity index (χ1) is 15.8. The van der Waals surface area contributed by atoms with Gasteiger partial charge in [-0.3, -0.25) is 0 Å². The fourth-order valence-corrected chi connectivity index (χ4v) is 3.22. The minimum atomic E-state index is -0.567. The zero-order valence-corrected chi connectivity index (χ0v) is 20.9. The summed E-state index contributed by atoms with van der Waals surface area (Å²) in [6, 6.07) is 5.52. The maximum atomic E-state index is 12.8. The average Bonchev–Trinajstić information content (AvgIpc) is 2.75. The third kappa shape index (κ3) is 8.49. The summed E-state index contributed by atoms with van der Waals surface area (Å²) >= 11 is 0. The lowest BCUT2D eigenvalue weighted by molar-refractivity contribution is 0.219. The van der Waals surface area contributed by atoms with Gasteiger partial charge in [-0.15, -0.1) is 0 Å². The second-order valence-electron chi connectivity index (χ2n) is 8.55. The second kappa shape index (κ2) is 13.6. The second-order valence-corrected chi connectivity index (χ2v) is 8.55. The third-order valence-corrected chi connectivity index (χ3v) is 4.86. The zero-order chi connectivity index (χ0) is 24.2. The lowest BCUT2D eigenvalue weighted by Gasteiger charge is -2.16. The molecule has 0 spiro atoms. The Balaban J connectivity index is 2.27. The van der Waals surface area contributed by atoms with E-state index in [0.717, 1.165) is 19.3 Å². The van der Waals surface area contributed by atoms with Crippen LogP contribution in [0.3, 0.4) is 0 Å². The van der Waals surface area contributed by atoms with E-state index in [9.17, 15) is 4.79 Å². The monoisotopic (exact) mass is 454 g/mol. The third-order valence-electron chi connectivity index (χ3n) is 4.86. The van der Waals surface area contributed by atoms with E-state index in [1.54, 1.807) is 6.07 Å². The van der Waals surface area contributed by atoms with Crippen LogP contribution in [0.5, 0.6) is 17.2 Å². The van der Waals surface area contributed by atoms with E-state index in [0.29, 0.717) is 42.1 Å². The molecule has 33 heavy (non-hydrogen) atoms. The van der Waals surface area contributed by atoms with Gasteiger partial charge in [-0.1, -0.05) is 42.4 Å². The molecule has 0 aliphatic rings. The van der Waals surface area contributed by atoms with E-state index in [1.807, 2.05) is 32.1 Å². The first-order valence-corrected chi connectivity index (χ1v) is 11.8. The topological polar surface area (TPSA) is 57.9 Å². The summed E-state index contributed by atoms with van der Waals surface area (Å²) in [6.07, 6.45) is 11.9. The molecule has 1 aromatic carbocycles. The van der Waals surface area contributed by atoms with Crippen molar-refractivity contribution < 1.29 is 18.6 Å². The highest BCUT2D eigenvalue weighted by Crippen LogP contribution is 2.37. The molecule has 5 heteroatoms. The van der Waals surface area contributed by atoms with E-state index in [-0.39, 0.29) is 11.9 Å². The fraction of sp³-hybridized carbons (Fsp3) is 0.464. The van der Waals surface area contributed by atoms with Crippen LogP contribution in [0.25, 0.3) is 11.0 Å². The summed E-state index contributed by atoms with van der Waals surface area (Å²) in [5, 5.41) is 0.657. The molecule has 1 heterocycles. The van der Waals surface area contributed by atoms with Crippen LogP contribution in [-0.4, -0.2) is 19.3 Å². The molecule has 0 saturated carbocycles. The maximum Gasteiger partial charge on any atom is 0.383 e. The van der Waals surface area contributed by atoms with Gasteiger partial charge in [0.1, 0.15) is 6.61 Å². The van der Waals surface area contributed by atoms with Gasteiger partial charge in [0.2, 0.25) is 5.75 Å². The van der Waals surface area contributed by atoms with Crippen molar-refractivity contribution in [1.82, 2.24) is 0 Å². The van der Waals surface area contributed by atoms with Crippen LogP contribution >= 0.6 is 0 Å². The number of fused-ring (bicyclic) bond motifs is 1. The summed E-state index contributed by atoms with van der Waals surface area (Å²) in [5.74, 6) is 1.01. The molecule has 180 valence electrons. The van der Waals surface area contributed by atoms with Crippen LogP contribution in [-0.2, 0) is 0 Å². The smallest absolute Gasteiger partial charge is 0.383 e. The number of benzene rings is 1. The summed E-state index contributed by atoms with van der Waals surface area (Å²) in [4.78, 5) is 12.8. The quantitative estimate of drug-likeness (QED) is 0.179. The molecular weight excluding hydrogens is 416 g/mol. The van der Waals surface area contributed by atoms with Gasteiger partial charge in [0.05, 0.1) is 18.1 Å². The summed E-state index contributed by atoms with van der Waals surface area (Å²) in [5.41, 5.74) is 2.38. The molecule has 0 atom stereocenters. The van der Waals surface area contributed by atoms with Crippen molar-refractivity contribution in [1.29, 1.82) is 0 Å². The standard InChI is InChI=1S/C28H38O5/c1-7-8-9-10-18-31-27-26(32-21(4)5)23-15-12-16-24(25(23)33-28(27)29)30-19-17-22(6)14-11-13-20(2)3/h8-9,12-13,15-17,21H,7,10-11,14,18-19H2,1-6H3. The molecule has 0 amide bonds. The molecule has 0 bridgehead atoms. The summed E-state index contributed by atoms with van der Waals surface area (Å²) < 4.78 is 23.4. The van der Waals surface area contributed by atoms with Crippen LogP contribution in [0.1, 0.15) is 67.2 Å². The van der Waals surface area contributed by atoms with Gasteiger partial charge in [-0.2, -0.15) is 0 Å². The minimum Gasteiger partial charge on any atom is -0.486 e. The van der Waals surface area contributed by atoms with Gasteiger partial charge >= 0.3 is 5.63 Å². The number of hydrogen-bond donors (Lipinski definition) is 0. The Morgan fingerprint density at radius 3 is 2.52 bits per heavy atom. The number of allylic oxidation sites excluding steroid dienone is 4. The molecule has 2 aromatic rings. The van der Waals surface area contributed by atoms with Gasteiger partial charge in [0.25, 0.3) is 0 Å². The normalized spacial score (nSPS) is 11.9. The van der Waals surface area contributed by atoms with Crippen LogP contribution < -0.4 is 19.8 Å². The molecule has 0 saturated heterocycles. The van der Waals surface area contributed by atoms with Gasteiger partial charge in [0, 0.05) is 0 Å². The van der Waals surface area contributed by atoms with Crippen LogP contribution in [0.15, 0.2) is 62.9 Å². The predicted octanol–water partition coefficient (Wildman–Crippen LogP) is 7.39. The van der Waals surface area contributed by atoms with E-state index in [4.69, 9.17) is 18.6 Å². The van der Waals surface area contributed by atoms with Crippen molar-refractivity contribution >= 4 is 11.0 Å². The van der Waals surface area contributed by atoms with Gasteiger partial charge in [0.15, 0.2) is 17.1 Å². The minimum absolute atomic E-state index is 0.105. The van der Waals surface area contributed by atoms with E-state index < -0.39 is 5.63 Å². The Hall–Kier alpha value is -2.95. The highest BCUT2D eigenvalue weighted by atomic mass is 16.5. The number of rotatable bonds is 13. The van der Waals surface area contributed by atoms with Crippen molar-refractivity contribution in [2.75, 3.05) is 13.2 Å². The highest BCUT2D eigenvalue weighted by molar-refractivity contribution is 5.89. The SMILES string of the molecule is CCC=CCCOc1c(OC(C)C)c2cccc(OCC=C(C)CCC=C(C)C)c2oc1=O. The van der Waals surface area contributed by atoms with Crippen molar-refractivity contribution in [3.8, 4) is 17.2 Å². The molecule has 1 aromatic heterocycles. The Morgan fingerprint density at radius 2 is 1.82 bits per heavy atom. The molecular formula is C28H38O5.